The van der Waals surface area contributed by atoms with E-state index in [0.29, 0.717) is 0 Å². The third-order valence-corrected chi connectivity index (χ3v) is 2.86. The van der Waals surface area contributed by atoms with Crippen LogP contribution in [0.4, 0.5) is 0 Å². The summed E-state index contributed by atoms with van der Waals surface area (Å²) in [6.07, 6.45) is 1.62. The first-order valence-corrected chi connectivity index (χ1v) is 5.15. The highest BCUT2D eigenvalue weighted by Crippen LogP contribution is 2.31. The van der Waals surface area contributed by atoms with E-state index in [2.05, 4.69) is 31.5 Å². The van der Waals surface area contributed by atoms with E-state index in [1.807, 2.05) is 6.07 Å². The first-order chi connectivity index (χ1) is 7.22. The summed E-state index contributed by atoms with van der Waals surface area (Å²) < 4.78 is 0. The van der Waals surface area contributed by atoms with Crippen molar-refractivity contribution in [1.82, 2.24) is 5.48 Å². The minimum atomic E-state index is -0.172. The van der Waals surface area contributed by atoms with Crippen molar-refractivity contribution >= 4 is 6.29 Å². The van der Waals surface area contributed by atoms with Crippen molar-refractivity contribution in [2.75, 3.05) is 0 Å². The van der Waals surface area contributed by atoms with Gasteiger partial charge in [0, 0.05) is 6.42 Å². The Balaban J connectivity index is 2.27. The number of carbonyl (C=O) groups excluding carboxylic acids is 1. The average molecular weight is 205 g/mol. The van der Waals surface area contributed by atoms with Crippen LogP contribution in [0.3, 0.4) is 0 Å². The second-order valence-electron chi connectivity index (χ2n) is 4.01. The van der Waals surface area contributed by atoms with E-state index in [0.717, 1.165) is 12.7 Å². The van der Waals surface area contributed by atoms with Crippen LogP contribution in [0.25, 0.3) is 0 Å². The number of hydroxylamine groups is 1. The number of benzene rings is 1. The van der Waals surface area contributed by atoms with Crippen LogP contribution in [0.2, 0.25) is 0 Å². The lowest BCUT2D eigenvalue weighted by molar-refractivity contribution is -0.110. The Morgan fingerprint density at radius 2 is 2.07 bits per heavy atom. The summed E-state index contributed by atoms with van der Waals surface area (Å²) in [5.74, 6) is 0. The normalized spacial score (nSPS) is 25.5. The maximum absolute atomic E-state index is 10.6. The van der Waals surface area contributed by atoms with E-state index >= 15 is 0 Å². The van der Waals surface area contributed by atoms with Gasteiger partial charge in [-0.25, -0.2) is 0 Å². The van der Waals surface area contributed by atoms with Crippen LogP contribution in [-0.2, 0) is 9.63 Å². The summed E-state index contributed by atoms with van der Waals surface area (Å²) in [7, 11) is 0. The number of aldehydes is 1. The summed E-state index contributed by atoms with van der Waals surface area (Å²) >= 11 is 0. The Hall–Kier alpha value is -1.19. The maximum Gasteiger partial charge on any atom is 0.139 e. The Morgan fingerprint density at radius 1 is 1.40 bits per heavy atom. The fourth-order valence-corrected chi connectivity index (χ4v) is 2.09. The molecule has 80 valence electrons. The van der Waals surface area contributed by atoms with Gasteiger partial charge in [-0.2, -0.15) is 5.48 Å². The minimum Gasteiger partial charge on any atom is -0.302 e. The smallest absolute Gasteiger partial charge is 0.139 e. The number of hydrogen-bond acceptors (Lipinski definition) is 3. The number of rotatable bonds is 2. The summed E-state index contributed by atoms with van der Waals surface area (Å²) in [6, 6.07) is 6.00. The van der Waals surface area contributed by atoms with Crippen molar-refractivity contribution in [2.24, 2.45) is 0 Å². The second-order valence-corrected chi connectivity index (χ2v) is 4.01. The lowest BCUT2D eigenvalue weighted by Crippen LogP contribution is -2.20. The molecule has 0 bridgehead atoms. The molecule has 2 rings (SSSR count). The van der Waals surface area contributed by atoms with Crippen LogP contribution in [0, 0.1) is 13.8 Å². The second kappa shape index (κ2) is 4.13. The third-order valence-electron chi connectivity index (χ3n) is 2.86. The molecule has 1 aromatic carbocycles. The van der Waals surface area contributed by atoms with Gasteiger partial charge in [-0.15, -0.1) is 0 Å². The molecule has 2 atom stereocenters. The lowest BCUT2D eigenvalue weighted by atomic mass is 9.95. The summed E-state index contributed by atoms with van der Waals surface area (Å²) in [6.45, 7) is 4.14. The van der Waals surface area contributed by atoms with Crippen LogP contribution in [0.5, 0.6) is 0 Å². The zero-order chi connectivity index (χ0) is 10.8. The van der Waals surface area contributed by atoms with E-state index in [1.54, 1.807) is 0 Å². The first-order valence-electron chi connectivity index (χ1n) is 5.15. The number of aryl methyl sites for hydroxylation is 2. The Bertz CT molecular complexity index is 356. The number of nitrogens with one attached hydrogen (secondary N) is 1. The highest BCUT2D eigenvalue weighted by molar-refractivity contribution is 5.58. The predicted octanol–water partition coefficient (Wildman–Crippen LogP) is 1.84. The molecule has 1 heterocycles. The molecule has 1 N–H and O–H groups in total. The zero-order valence-electron chi connectivity index (χ0n) is 8.99. The zero-order valence-corrected chi connectivity index (χ0v) is 8.99. The molecule has 0 aromatic heterocycles. The van der Waals surface area contributed by atoms with Gasteiger partial charge >= 0.3 is 0 Å². The van der Waals surface area contributed by atoms with Crippen molar-refractivity contribution in [1.29, 1.82) is 0 Å². The van der Waals surface area contributed by atoms with Crippen molar-refractivity contribution < 1.29 is 9.63 Å². The number of carbonyl (C=O) groups is 1. The molecule has 1 aliphatic rings. The summed E-state index contributed by atoms with van der Waals surface area (Å²) in [5.41, 5.74) is 6.38. The van der Waals surface area contributed by atoms with Crippen molar-refractivity contribution in [3.8, 4) is 0 Å². The largest absolute Gasteiger partial charge is 0.302 e. The Morgan fingerprint density at radius 3 is 2.60 bits per heavy atom. The van der Waals surface area contributed by atoms with Crippen LogP contribution < -0.4 is 5.48 Å². The van der Waals surface area contributed by atoms with Gasteiger partial charge in [0.1, 0.15) is 12.4 Å². The van der Waals surface area contributed by atoms with Crippen LogP contribution >= 0.6 is 0 Å². The molecule has 1 aromatic rings. The molecule has 3 heteroatoms. The molecule has 3 nitrogen and oxygen atoms in total. The van der Waals surface area contributed by atoms with Crippen LogP contribution in [0.15, 0.2) is 18.2 Å². The molecule has 0 saturated carbocycles. The molecular formula is C12H15NO2. The molecule has 1 aliphatic heterocycles. The van der Waals surface area contributed by atoms with E-state index in [4.69, 9.17) is 4.84 Å². The lowest BCUT2D eigenvalue weighted by Gasteiger charge is -2.14. The molecule has 1 fully saturated rings. The molecule has 15 heavy (non-hydrogen) atoms. The van der Waals surface area contributed by atoms with Crippen molar-refractivity contribution in [3.05, 3.63) is 34.9 Å². The highest BCUT2D eigenvalue weighted by Gasteiger charge is 2.28. The van der Waals surface area contributed by atoms with Crippen LogP contribution in [-0.4, -0.2) is 12.3 Å². The van der Waals surface area contributed by atoms with Gasteiger partial charge in [0.15, 0.2) is 0 Å². The first kappa shape index (κ1) is 10.3. The maximum atomic E-state index is 10.6. The van der Waals surface area contributed by atoms with Crippen LogP contribution in [0.1, 0.15) is 29.2 Å². The third kappa shape index (κ3) is 1.94. The highest BCUT2D eigenvalue weighted by atomic mass is 16.7. The van der Waals surface area contributed by atoms with Gasteiger partial charge in [-0.3, -0.25) is 4.84 Å². The minimum absolute atomic E-state index is 0.00130. The molecule has 0 radical (unpaired) electrons. The van der Waals surface area contributed by atoms with Crippen molar-refractivity contribution in [2.45, 2.75) is 32.4 Å². The fourth-order valence-electron chi connectivity index (χ4n) is 2.09. The fraction of sp³-hybridized carbons (Fsp3) is 0.417. The SMILES string of the molecule is Cc1cccc(C)c1C1CC(C=O)NO1. The Labute approximate surface area is 89.4 Å². The van der Waals surface area contributed by atoms with Gasteiger partial charge in [0.2, 0.25) is 0 Å². The number of hydrogen-bond donors (Lipinski definition) is 1. The summed E-state index contributed by atoms with van der Waals surface area (Å²) in [5, 5.41) is 0. The van der Waals surface area contributed by atoms with Gasteiger partial charge < -0.3 is 4.79 Å². The van der Waals surface area contributed by atoms with Crippen molar-refractivity contribution in [3.63, 3.8) is 0 Å². The van der Waals surface area contributed by atoms with Gasteiger partial charge in [-0.05, 0) is 30.5 Å². The van der Waals surface area contributed by atoms with Gasteiger partial charge in [0.05, 0.1) is 6.04 Å². The molecule has 1 saturated heterocycles. The molecule has 0 amide bonds. The van der Waals surface area contributed by atoms with Gasteiger partial charge in [-0.1, -0.05) is 18.2 Å². The van der Waals surface area contributed by atoms with E-state index in [9.17, 15) is 4.79 Å². The average Bonchev–Trinajstić information content (AvgIpc) is 2.66. The molecule has 0 aliphatic carbocycles. The van der Waals surface area contributed by atoms with E-state index in [-0.39, 0.29) is 12.1 Å². The molecule has 2 unspecified atom stereocenters. The predicted molar refractivity (Wildman–Crippen MR) is 57.3 cm³/mol. The molecular weight excluding hydrogens is 190 g/mol. The van der Waals surface area contributed by atoms with E-state index in [1.165, 1.54) is 16.7 Å². The standard InChI is InChI=1S/C12H15NO2/c1-8-4-3-5-9(2)12(8)11-6-10(7-14)13-15-11/h3-5,7,10-11,13H,6H2,1-2H3. The Kier molecular flexibility index (Phi) is 2.84. The topological polar surface area (TPSA) is 38.3 Å². The monoisotopic (exact) mass is 205 g/mol. The quantitative estimate of drug-likeness (QED) is 0.749. The molecule has 0 spiro atoms. The van der Waals surface area contributed by atoms with E-state index < -0.39 is 0 Å². The van der Waals surface area contributed by atoms with Gasteiger partial charge in [0.25, 0.3) is 0 Å². The summed E-state index contributed by atoms with van der Waals surface area (Å²) in [4.78, 5) is 16.0.